The Morgan fingerprint density at radius 3 is 2.55 bits per heavy atom. The second-order valence-electron chi connectivity index (χ2n) is 2.92. The maximum absolute atomic E-state index is 8.96. The van der Waals surface area contributed by atoms with Crippen molar-refractivity contribution in [3.8, 4) is 0 Å². The second kappa shape index (κ2) is 3.07. The summed E-state index contributed by atoms with van der Waals surface area (Å²) in [5, 5.41) is 10.1. The molecule has 3 heteroatoms. The minimum Gasteiger partial charge on any atom is -0.362 e. The molecular formula is C8H14N2O. The van der Waals surface area contributed by atoms with Crippen LogP contribution in [0.4, 0.5) is 0 Å². The molecule has 0 aliphatic carbocycles. The highest BCUT2D eigenvalue weighted by Crippen LogP contribution is 2.10. The molecule has 0 unspecified atom stereocenters. The third-order valence-corrected chi connectivity index (χ3v) is 1.66. The van der Waals surface area contributed by atoms with Gasteiger partial charge in [0.25, 0.3) is 0 Å². The van der Waals surface area contributed by atoms with Gasteiger partial charge in [0, 0.05) is 18.4 Å². The molecule has 1 heterocycles. The van der Waals surface area contributed by atoms with E-state index in [-0.39, 0.29) is 0 Å². The van der Waals surface area contributed by atoms with Crippen LogP contribution < -0.4 is 0 Å². The molecule has 1 aromatic rings. The molecule has 0 saturated heterocycles. The van der Waals surface area contributed by atoms with Crippen molar-refractivity contribution in [1.82, 2.24) is 10.0 Å². The van der Waals surface area contributed by atoms with E-state index in [1.165, 1.54) is 5.06 Å². The molecule has 0 aliphatic rings. The topological polar surface area (TPSA) is 39.3 Å². The number of nitrogens with zero attached hydrogens (tertiary/aromatic N) is 1. The standard InChI is InChI=1S/C8H14N2O/c1-6-4-8(5-10(3)11)7(2)9-6/h4,9,11H,5H2,1-3H3. The molecule has 1 rings (SSSR count). The van der Waals surface area contributed by atoms with Crippen molar-refractivity contribution in [3.05, 3.63) is 23.0 Å². The first kappa shape index (κ1) is 8.30. The van der Waals surface area contributed by atoms with Gasteiger partial charge in [0.15, 0.2) is 0 Å². The largest absolute Gasteiger partial charge is 0.362 e. The van der Waals surface area contributed by atoms with E-state index in [1.807, 2.05) is 19.9 Å². The Kier molecular flexibility index (Phi) is 2.31. The Morgan fingerprint density at radius 1 is 1.55 bits per heavy atom. The van der Waals surface area contributed by atoms with Gasteiger partial charge < -0.3 is 10.2 Å². The highest BCUT2D eigenvalue weighted by molar-refractivity contribution is 5.23. The van der Waals surface area contributed by atoms with Crippen molar-refractivity contribution in [3.63, 3.8) is 0 Å². The van der Waals surface area contributed by atoms with Crippen molar-refractivity contribution in [2.45, 2.75) is 20.4 Å². The first-order valence-corrected chi connectivity index (χ1v) is 3.64. The molecule has 0 bridgehead atoms. The van der Waals surface area contributed by atoms with E-state index in [4.69, 9.17) is 5.21 Å². The summed E-state index contributed by atoms with van der Waals surface area (Å²) < 4.78 is 0. The average molecular weight is 154 g/mol. The van der Waals surface area contributed by atoms with E-state index in [2.05, 4.69) is 4.98 Å². The van der Waals surface area contributed by atoms with Gasteiger partial charge >= 0.3 is 0 Å². The molecule has 1 aromatic heterocycles. The quantitative estimate of drug-likeness (QED) is 0.633. The second-order valence-corrected chi connectivity index (χ2v) is 2.92. The number of aromatic nitrogens is 1. The zero-order chi connectivity index (χ0) is 8.43. The van der Waals surface area contributed by atoms with Gasteiger partial charge in [0.1, 0.15) is 0 Å². The number of hydrogen-bond donors (Lipinski definition) is 2. The van der Waals surface area contributed by atoms with Crippen molar-refractivity contribution in [2.75, 3.05) is 7.05 Å². The van der Waals surface area contributed by atoms with E-state index in [0.29, 0.717) is 6.54 Å². The Bertz CT molecular complexity index is 240. The molecule has 0 fully saturated rings. The van der Waals surface area contributed by atoms with Crippen molar-refractivity contribution >= 4 is 0 Å². The average Bonchev–Trinajstić information content (AvgIpc) is 2.09. The van der Waals surface area contributed by atoms with Crippen LogP contribution in [-0.2, 0) is 6.54 Å². The Balaban J connectivity index is 2.77. The van der Waals surface area contributed by atoms with Crippen molar-refractivity contribution in [2.24, 2.45) is 0 Å². The van der Waals surface area contributed by atoms with Crippen LogP contribution in [0.3, 0.4) is 0 Å². The zero-order valence-electron chi connectivity index (χ0n) is 7.18. The zero-order valence-corrected chi connectivity index (χ0v) is 7.18. The summed E-state index contributed by atoms with van der Waals surface area (Å²) in [5.41, 5.74) is 3.41. The summed E-state index contributed by atoms with van der Waals surface area (Å²) in [6, 6.07) is 2.04. The molecule has 0 radical (unpaired) electrons. The molecule has 11 heavy (non-hydrogen) atoms. The minimum atomic E-state index is 0.580. The predicted molar refractivity (Wildman–Crippen MR) is 43.5 cm³/mol. The molecule has 0 atom stereocenters. The first-order valence-electron chi connectivity index (χ1n) is 3.64. The summed E-state index contributed by atoms with van der Waals surface area (Å²) in [6.07, 6.45) is 0. The lowest BCUT2D eigenvalue weighted by atomic mass is 10.2. The molecule has 2 N–H and O–H groups in total. The molecule has 0 aromatic carbocycles. The molecule has 0 saturated carbocycles. The summed E-state index contributed by atoms with van der Waals surface area (Å²) in [6.45, 7) is 4.59. The normalized spacial score (nSPS) is 11.0. The van der Waals surface area contributed by atoms with Gasteiger partial charge in [-0.15, -0.1) is 0 Å². The lowest BCUT2D eigenvalue weighted by molar-refractivity contribution is -0.0732. The Labute approximate surface area is 66.6 Å². The summed E-state index contributed by atoms with van der Waals surface area (Å²) >= 11 is 0. The van der Waals surface area contributed by atoms with E-state index in [1.54, 1.807) is 7.05 Å². The summed E-state index contributed by atoms with van der Waals surface area (Å²) in [5.74, 6) is 0. The number of H-pyrrole nitrogens is 1. The van der Waals surface area contributed by atoms with Crippen LogP contribution in [0, 0.1) is 13.8 Å². The Hall–Kier alpha value is -0.800. The third kappa shape index (κ3) is 2.06. The van der Waals surface area contributed by atoms with Gasteiger partial charge in [-0.25, -0.2) is 0 Å². The van der Waals surface area contributed by atoms with Gasteiger partial charge in [-0.1, -0.05) is 0 Å². The van der Waals surface area contributed by atoms with Gasteiger partial charge in [0.05, 0.1) is 6.54 Å². The van der Waals surface area contributed by atoms with Crippen LogP contribution in [0.25, 0.3) is 0 Å². The molecule has 0 aliphatic heterocycles. The smallest absolute Gasteiger partial charge is 0.0503 e. The number of hydrogen-bond acceptors (Lipinski definition) is 2. The maximum Gasteiger partial charge on any atom is 0.0503 e. The molecule has 0 amide bonds. The van der Waals surface area contributed by atoms with Crippen molar-refractivity contribution < 1.29 is 5.21 Å². The van der Waals surface area contributed by atoms with Crippen LogP contribution >= 0.6 is 0 Å². The van der Waals surface area contributed by atoms with E-state index in [9.17, 15) is 0 Å². The van der Waals surface area contributed by atoms with Gasteiger partial charge in [-0.05, 0) is 25.5 Å². The van der Waals surface area contributed by atoms with E-state index in [0.717, 1.165) is 17.0 Å². The highest BCUT2D eigenvalue weighted by atomic mass is 16.5. The summed E-state index contributed by atoms with van der Waals surface area (Å²) in [4.78, 5) is 3.18. The Morgan fingerprint density at radius 2 is 2.18 bits per heavy atom. The fourth-order valence-electron chi connectivity index (χ4n) is 1.19. The monoisotopic (exact) mass is 154 g/mol. The number of nitrogens with one attached hydrogen (secondary N) is 1. The van der Waals surface area contributed by atoms with Crippen LogP contribution in [0.2, 0.25) is 0 Å². The maximum atomic E-state index is 8.96. The van der Waals surface area contributed by atoms with Gasteiger partial charge in [-0.2, -0.15) is 5.06 Å². The van der Waals surface area contributed by atoms with Crippen LogP contribution in [0.1, 0.15) is 17.0 Å². The number of aryl methyl sites for hydroxylation is 2. The van der Waals surface area contributed by atoms with Crippen LogP contribution in [-0.4, -0.2) is 22.3 Å². The first-order chi connectivity index (χ1) is 5.09. The predicted octanol–water partition coefficient (Wildman–Crippen LogP) is 1.45. The van der Waals surface area contributed by atoms with Gasteiger partial charge in [-0.3, -0.25) is 0 Å². The SMILES string of the molecule is Cc1cc(CN(C)O)c(C)[nH]1. The molecule has 3 nitrogen and oxygen atoms in total. The third-order valence-electron chi connectivity index (χ3n) is 1.66. The van der Waals surface area contributed by atoms with Gasteiger partial charge in [0.2, 0.25) is 0 Å². The fourth-order valence-corrected chi connectivity index (χ4v) is 1.19. The number of rotatable bonds is 2. The molecular weight excluding hydrogens is 140 g/mol. The van der Waals surface area contributed by atoms with Crippen LogP contribution in [0.15, 0.2) is 6.07 Å². The molecule has 0 spiro atoms. The molecule has 62 valence electrons. The van der Waals surface area contributed by atoms with Crippen molar-refractivity contribution in [1.29, 1.82) is 0 Å². The highest BCUT2D eigenvalue weighted by Gasteiger charge is 2.02. The number of hydroxylamine groups is 2. The number of aromatic amines is 1. The van der Waals surface area contributed by atoms with Crippen LogP contribution in [0.5, 0.6) is 0 Å². The van der Waals surface area contributed by atoms with E-state index < -0.39 is 0 Å². The minimum absolute atomic E-state index is 0.580. The fraction of sp³-hybridized carbons (Fsp3) is 0.500. The van der Waals surface area contributed by atoms with E-state index >= 15 is 0 Å². The lowest BCUT2D eigenvalue weighted by Gasteiger charge is -2.06. The summed E-state index contributed by atoms with van der Waals surface area (Å²) in [7, 11) is 1.64. The lowest BCUT2D eigenvalue weighted by Crippen LogP contribution is -2.11.